The van der Waals surface area contributed by atoms with Gasteiger partial charge < -0.3 is 20.4 Å². The minimum absolute atomic E-state index is 0.00312. The van der Waals surface area contributed by atoms with Crippen LogP contribution in [0.5, 0.6) is 0 Å². The average molecular weight is 341 g/mol. The first-order chi connectivity index (χ1) is 12.3. The van der Waals surface area contributed by atoms with Gasteiger partial charge >= 0.3 is 6.03 Å². The molecule has 132 valence electrons. The molecule has 2 N–H and O–H groups in total. The molecule has 1 fully saturated rings. The summed E-state index contributed by atoms with van der Waals surface area (Å²) >= 11 is 0. The highest BCUT2D eigenvalue weighted by Crippen LogP contribution is 2.11. The van der Waals surface area contributed by atoms with E-state index in [0.717, 1.165) is 37.7 Å². The second-order valence-corrected chi connectivity index (χ2v) is 5.76. The van der Waals surface area contributed by atoms with Gasteiger partial charge in [-0.1, -0.05) is 6.07 Å². The van der Waals surface area contributed by atoms with E-state index in [1.807, 2.05) is 23.1 Å². The zero-order valence-electron chi connectivity index (χ0n) is 14.1. The number of hydrogen-bond acceptors (Lipinski definition) is 6. The molecule has 0 spiro atoms. The molecule has 8 nitrogen and oxygen atoms in total. The Labute approximate surface area is 147 Å². The van der Waals surface area contributed by atoms with Gasteiger partial charge in [0, 0.05) is 57.9 Å². The Balaban J connectivity index is 1.31. The molecule has 2 aromatic rings. The third kappa shape index (κ3) is 5.03. The fourth-order valence-electron chi connectivity index (χ4n) is 2.67. The molecule has 3 rings (SSSR count). The van der Waals surface area contributed by atoms with Gasteiger partial charge in [0.15, 0.2) is 0 Å². The molecule has 3 heterocycles. The molecular formula is C17H23N7O. The van der Waals surface area contributed by atoms with E-state index in [4.69, 9.17) is 0 Å². The molecule has 1 aliphatic rings. The lowest BCUT2D eigenvalue weighted by atomic mass is 10.3. The lowest BCUT2D eigenvalue weighted by Gasteiger charge is -2.35. The van der Waals surface area contributed by atoms with Crippen LogP contribution < -0.4 is 15.5 Å². The van der Waals surface area contributed by atoms with E-state index in [-0.39, 0.29) is 6.03 Å². The van der Waals surface area contributed by atoms with Crippen LogP contribution in [0.25, 0.3) is 0 Å². The second-order valence-electron chi connectivity index (χ2n) is 5.76. The van der Waals surface area contributed by atoms with Crippen molar-refractivity contribution in [1.82, 2.24) is 25.2 Å². The van der Waals surface area contributed by atoms with Crippen molar-refractivity contribution in [3.8, 4) is 0 Å². The van der Waals surface area contributed by atoms with Crippen molar-refractivity contribution in [2.24, 2.45) is 0 Å². The maximum absolute atomic E-state index is 12.2. The Kier molecular flexibility index (Phi) is 5.97. The maximum Gasteiger partial charge on any atom is 0.317 e. The molecule has 8 heteroatoms. The predicted octanol–water partition coefficient (Wildman–Crippen LogP) is 1.21. The van der Waals surface area contributed by atoms with Crippen LogP contribution in [0.3, 0.4) is 0 Å². The van der Waals surface area contributed by atoms with E-state index >= 15 is 0 Å². The molecule has 0 saturated carbocycles. The van der Waals surface area contributed by atoms with Gasteiger partial charge in [0.2, 0.25) is 0 Å². The Morgan fingerprint density at radius 3 is 2.64 bits per heavy atom. The monoisotopic (exact) mass is 341 g/mol. The van der Waals surface area contributed by atoms with Crippen LogP contribution >= 0.6 is 0 Å². The largest absolute Gasteiger partial charge is 0.370 e. The smallest absolute Gasteiger partial charge is 0.317 e. The van der Waals surface area contributed by atoms with E-state index in [2.05, 4.69) is 30.5 Å². The van der Waals surface area contributed by atoms with Crippen LogP contribution in [0, 0.1) is 0 Å². The Morgan fingerprint density at radius 1 is 1.04 bits per heavy atom. The molecule has 1 aliphatic heterocycles. The summed E-state index contributed by atoms with van der Waals surface area (Å²) in [6.07, 6.45) is 7.71. The van der Waals surface area contributed by atoms with E-state index in [9.17, 15) is 4.79 Å². The number of pyridine rings is 1. The van der Waals surface area contributed by atoms with Crippen LogP contribution in [0.4, 0.5) is 16.4 Å². The average Bonchev–Trinajstić information content (AvgIpc) is 2.69. The van der Waals surface area contributed by atoms with Gasteiger partial charge in [0.25, 0.3) is 0 Å². The number of nitrogens with zero attached hydrogens (tertiary/aromatic N) is 5. The number of aromatic nitrogens is 3. The summed E-state index contributed by atoms with van der Waals surface area (Å²) < 4.78 is 0. The maximum atomic E-state index is 12.2. The van der Waals surface area contributed by atoms with E-state index in [0.29, 0.717) is 19.6 Å². The standard InChI is InChI=1S/C17H23N7O/c25-17(22-7-3-6-20-15-4-1-2-5-19-15)24-12-10-23(11-13-24)16-14-18-8-9-21-16/h1-2,4-5,8-9,14H,3,6-7,10-13H2,(H,19,20)(H,22,25). The van der Waals surface area contributed by atoms with Crippen molar-refractivity contribution in [3.63, 3.8) is 0 Å². The molecule has 0 bridgehead atoms. The summed E-state index contributed by atoms with van der Waals surface area (Å²) in [6, 6.07) is 5.75. The highest BCUT2D eigenvalue weighted by atomic mass is 16.2. The SMILES string of the molecule is O=C(NCCCNc1ccccn1)N1CCN(c2cnccn2)CC1. The van der Waals surface area contributed by atoms with E-state index in [1.54, 1.807) is 24.8 Å². The summed E-state index contributed by atoms with van der Waals surface area (Å²) in [6.45, 7) is 4.34. The van der Waals surface area contributed by atoms with Crippen molar-refractivity contribution in [2.75, 3.05) is 49.5 Å². The number of hydrogen-bond donors (Lipinski definition) is 2. The van der Waals surface area contributed by atoms with Gasteiger partial charge in [0.1, 0.15) is 11.6 Å². The summed E-state index contributed by atoms with van der Waals surface area (Å²) in [5.41, 5.74) is 0. The molecule has 0 unspecified atom stereocenters. The number of nitrogens with one attached hydrogen (secondary N) is 2. The lowest BCUT2D eigenvalue weighted by Crippen LogP contribution is -2.52. The molecule has 0 radical (unpaired) electrons. The first-order valence-corrected chi connectivity index (χ1v) is 8.51. The highest BCUT2D eigenvalue weighted by molar-refractivity contribution is 5.74. The van der Waals surface area contributed by atoms with Gasteiger partial charge in [0.05, 0.1) is 6.20 Å². The third-order valence-electron chi connectivity index (χ3n) is 4.04. The summed E-state index contributed by atoms with van der Waals surface area (Å²) in [4.78, 5) is 28.8. The highest BCUT2D eigenvalue weighted by Gasteiger charge is 2.21. The van der Waals surface area contributed by atoms with Crippen LogP contribution in [0.15, 0.2) is 43.0 Å². The van der Waals surface area contributed by atoms with Crippen molar-refractivity contribution in [2.45, 2.75) is 6.42 Å². The fraction of sp³-hybridized carbons (Fsp3) is 0.412. The van der Waals surface area contributed by atoms with Gasteiger partial charge in [-0.2, -0.15) is 0 Å². The zero-order valence-corrected chi connectivity index (χ0v) is 14.1. The van der Waals surface area contributed by atoms with Crippen molar-refractivity contribution < 1.29 is 4.79 Å². The predicted molar refractivity (Wildman–Crippen MR) is 96.6 cm³/mol. The zero-order chi connectivity index (χ0) is 17.3. The minimum Gasteiger partial charge on any atom is -0.370 e. The summed E-state index contributed by atoms with van der Waals surface area (Å²) in [7, 11) is 0. The van der Waals surface area contributed by atoms with E-state index in [1.165, 1.54) is 0 Å². The lowest BCUT2D eigenvalue weighted by molar-refractivity contribution is 0.194. The van der Waals surface area contributed by atoms with Crippen molar-refractivity contribution in [3.05, 3.63) is 43.0 Å². The molecule has 1 saturated heterocycles. The van der Waals surface area contributed by atoms with E-state index < -0.39 is 0 Å². The summed E-state index contributed by atoms with van der Waals surface area (Å²) in [5.74, 6) is 1.72. The number of piperazine rings is 1. The third-order valence-corrected chi connectivity index (χ3v) is 4.04. The quantitative estimate of drug-likeness (QED) is 0.768. The number of anilines is 2. The second kappa shape index (κ2) is 8.81. The molecular weight excluding hydrogens is 318 g/mol. The first-order valence-electron chi connectivity index (χ1n) is 8.51. The Bertz CT molecular complexity index is 645. The Morgan fingerprint density at radius 2 is 1.92 bits per heavy atom. The van der Waals surface area contributed by atoms with Gasteiger partial charge in [-0.05, 0) is 18.6 Å². The molecule has 2 aromatic heterocycles. The summed E-state index contributed by atoms with van der Waals surface area (Å²) in [5, 5.41) is 6.20. The topological polar surface area (TPSA) is 86.3 Å². The van der Waals surface area contributed by atoms with Gasteiger partial charge in [-0.15, -0.1) is 0 Å². The van der Waals surface area contributed by atoms with Crippen molar-refractivity contribution >= 4 is 17.7 Å². The Hall–Kier alpha value is -2.90. The molecule has 0 aliphatic carbocycles. The van der Waals surface area contributed by atoms with Gasteiger partial charge in [-0.3, -0.25) is 4.98 Å². The molecule has 0 aromatic carbocycles. The molecule has 25 heavy (non-hydrogen) atoms. The van der Waals surface area contributed by atoms with Crippen LogP contribution in [-0.4, -0.2) is 65.2 Å². The fourth-order valence-corrected chi connectivity index (χ4v) is 2.67. The van der Waals surface area contributed by atoms with Gasteiger partial charge in [-0.25, -0.2) is 14.8 Å². The van der Waals surface area contributed by atoms with Crippen LogP contribution in [-0.2, 0) is 0 Å². The number of carbonyl (C=O) groups is 1. The normalized spacial score (nSPS) is 14.2. The van der Waals surface area contributed by atoms with Crippen LogP contribution in [0.1, 0.15) is 6.42 Å². The first kappa shape index (κ1) is 16.9. The van der Waals surface area contributed by atoms with Crippen molar-refractivity contribution in [1.29, 1.82) is 0 Å². The molecule has 2 amide bonds. The molecule has 0 atom stereocenters. The number of rotatable bonds is 6. The number of carbonyl (C=O) groups excluding carboxylic acids is 1. The number of amides is 2. The van der Waals surface area contributed by atoms with Crippen LogP contribution in [0.2, 0.25) is 0 Å². The minimum atomic E-state index is -0.00312. The number of urea groups is 1.